The molecule has 0 bridgehead atoms. The van der Waals surface area contributed by atoms with Crippen LogP contribution in [0.2, 0.25) is 0 Å². The number of piperidine rings is 1. The minimum absolute atomic E-state index is 0. The van der Waals surface area contributed by atoms with E-state index in [0.29, 0.717) is 55.1 Å². The molecule has 3 fully saturated rings. The van der Waals surface area contributed by atoms with Crippen molar-refractivity contribution in [2.24, 2.45) is 5.73 Å². The number of imidazole rings is 1. The first-order chi connectivity index (χ1) is 20.5. The van der Waals surface area contributed by atoms with Gasteiger partial charge in [-0.05, 0) is 69.1 Å². The average Bonchev–Trinajstić information content (AvgIpc) is 3.69. The summed E-state index contributed by atoms with van der Waals surface area (Å²) in [6, 6.07) is 6.92. The summed E-state index contributed by atoms with van der Waals surface area (Å²) >= 11 is 0. The van der Waals surface area contributed by atoms with Gasteiger partial charge in [-0.2, -0.15) is 9.97 Å². The van der Waals surface area contributed by atoms with E-state index in [1.165, 1.54) is 12.8 Å². The molecule has 2 aliphatic carbocycles. The molecule has 11 nitrogen and oxygen atoms in total. The summed E-state index contributed by atoms with van der Waals surface area (Å²) in [5.74, 6) is 2.86. The van der Waals surface area contributed by atoms with Gasteiger partial charge in [-0.3, -0.25) is 4.79 Å². The molecule has 1 amide bonds. The van der Waals surface area contributed by atoms with Gasteiger partial charge in [0.2, 0.25) is 11.9 Å². The Labute approximate surface area is 271 Å². The van der Waals surface area contributed by atoms with Crippen molar-refractivity contribution in [3.05, 3.63) is 30.1 Å². The number of hydrogen-bond acceptors (Lipinski definition) is 9. The molecular weight excluding hydrogens is 603 g/mol. The zero-order chi connectivity index (χ0) is 29.1. The highest BCUT2D eigenvalue weighted by Gasteiger charge is 2.27. The molecule has 6 rings (SSSR count). The SMILES string of the molecule is COc1ccc(CC(=O)N2CCC(Nc3nc(N[C@H]4CC[C@H](N)CC4)nc4c3ncn4C3CCCC3)CC2)cc1OC.Cl.Cl. The van der Waals surface area contributed by atoms with Crippen molar-refractivity contribution < 1.29 is 14.3 Å². The van der Waals surface area contributed by atoms with Crippen molar-refractivity contribution in [2.75, 3.05) is 37.9 Å². The molecule has 2 saturated carbocycles. The zero-order valence-electron chi connectivity index (χ0n) is 25.7. The number of carbonyl (C=O) groups is 1. The Morgan fingerprint density at radius 3 is 2.27 bits per heavy atom. The number of methoxy groups -OCH3 is 2. The van der Waals surface area contributed by atoms with E-state index in [9.17, 15) is 4.79 Å². The minimum atomic E-state index is 0. The number of nitrogens with zero attached hydrogens (tertiary/aromatic N) is 5. The lowest BCUT2D eigenvalue weighted by Gasteiger charge is -2.33. The minimum Gasteiger partial charge on any atom is -0.493 e. The maximum Gasteiger partial charge on any atom is 0.227 e. The normalized spacial score (nSPS) is 20.9. The molecule has 1 aromatic carbocycles. The van der Waals surface area contributed by atoms with E-state index in [4.69, 9.17) is 30.2 Å². The Kier molecular flexibility index (Phi) is 11.8. The molecule has 3 aromatic rings. The maximum atomic E-state index is 13.1. The Hall–Kier alpha value is -3.02. The van der Waals surface area contributed by atoms with E-state index in [-0.39, 0.29) is 36.8 Å². The summed E-state index contributed by atoms with van der Waals surface area (Å²) in [7, 11) is 3.22. The molecule has 1 aliphatic heterocycles. The summed E-state index contributed by atoms with van der Waals surface area (Å²) in [6.07, 6.45) is 12.9. The molecule has 3 aliphatic rings. The van der Waals surface area contributed by atoms with Crippen molar-refractivity contribution in [1.82, 2.24) is 24.4 Å². The first-order valence-corrected chi connectivity index (χ1v) is 15.5. The van der Waals surface area contributed by atoms with E-state index in [0.717, 1.165) is 73.9 Å². The monoisotopic (exact) mass is 648 g/mol. The largest absolute Gasteiger partial charge is 0.493 e. The smallest absolute Gasteiger partial charge is 0.227 e. The fourth-order valence-corrected chi connectivity index (χ4v) is 6.72. The lowest BCUT2D eigenvalue weighted by atomic mass is 9.92. The van der Waals surface area contributed by atoms with E-state index in [1.807, 2.05) is 29.4 Å². The zero-order valence-corrected chi connectivity index (χ0v) is 27.3. The lowest BCUT2D eigenvalue weighted by Crippen LogP contribution is -2.43. The number of benzene rings is 1. The molecule has 0 unspecified atom stereocenters. The van der Waals surface area contributed by atoms with Crippen molar-refractivity contribution >= 4 is 53.7 Å². The number of halogens is 2. The van der Waals surface area contributed by atoms with Crippen LogP contribution in [-0.4, -0.2) is 75.8 Å². The molecule has 44 heavy (non-hydrogen) atoms. The number of hydrogen-bond donors (Lipinski definition) is 3. The first kappa shape index (κ1) is 33.9. The summed E-state index contributed by atoms with van der Waals surface area (Å²) in [5.41, 5.74) is 8.78. The number of aromatic nitrogens is 4. The van der Waals surface area contributed by atoms with Gasteiger partial charge in [0.05, 0.1) is 27.0 Å². The number of nitrogens with one attached hydrogen (secondary N) is 2. The third-order valence-corrected chi connectivity index (χ3v) is 9.24. The molecule has 0 radical (unpaired) electrons. The number of fused-ring (bicyclic) bond motifs is 1. The fourth-order valence-electron chi connectivity index (χ4n) is 6.72. The Morgan fingerprint density at radius 2 is 1.59 bits per heavy atom. The van der Waals surface area contributed by atoms with Gasteiger partial charge in [0.25, 0.3) is 0 Å². The highest BCUT2D eigenvalue weighted by atomic mass is 35.5. The van der Waals surface area contributed by atoms with E-state index < -0.39 is 0 Å². The van der Waals surface area contributed by atoms with Gasteiger partial charge in [0.1, 0.15) is 0 Å². The van der Waals surface area contributed by atoms with Gasteiger partial charge in [-0.1, -0.05) is 18.9 Å². The van der Waals surface area contributed by atoms with Crippen LogP contribution in [0.15, 0.2) is 24.5 Å². The van der Waals surface area contributed by atoms with Crippen LogP contribution < -0.4 is 25.8 Å². The van der Waals surface area contributed by atoms with E-state index in [2.05, 4.69) is 15.2 Å². The number of ether oxygens (including phenoxy) is 2. The van der Waals surface area contributed by atoms with Gasteiger partial charge in [-0.25, -0.2) is 4.98 Å². The molecule has 3 heterocycles. The highest BCUT2D eigenvalue weighted by molar-refractivity contribution is 5.86. The quantitative estimate of drug-likeness (QED) is 0.289. The fraction of sp³-hybridized carbons (Fsp3) is 0.613. The topological polar surface area (TPSA) is 132 Å². The number of nitrogens with two attached hydrogens (primary N) is 1. The lowest BCUT2D eigenvalue weighted by molar-refractivity contribution is -0.131. The molecule has 2 aromatic heterocycles. The second-order valence-corrected chi connectivity index (χ2v) is 12.1. The maximum absolute atomic E-state index is 13.1. The van der Waals surface area contributed by atoms with Crippen molar-refractivity contribution in [1.29, 1.82) is 0 Å². The highest BCUT2D eigenvalue weighted by Crippen LogP contribution is 2.34. The van der Waals surface area contributed by atoms with Crippen LogP contribution in [-0.2, 0) is 11.2 Å². The van der Waals surface area contributed by atoms with Gasteiger partial charge in [0.15, 0.2) is 28.5 Å². The Morgan fingerprint density at radius 1 is 0.909 bits per heavy atom. The van der Waals surface area contributed by atoms with Crippen LogP contribution in [0.4, 0.5) is 11.8 Å². The number of amides is 1. The van der Waals surface area contributed by atoms with Crippen LogP contribution in [0.25, 0.3) is 11.2 Å². The third-order valence-electron chi connectivity index (χ3n) is 9.24. The van der Waals surface area contributed by atoms with Crippen LogP contribution in [0.1, 0.15) is 75.8 Å². The second-order valence-electron chi connectivity index (χ2n) is 12.1. The second kappa shape index (κ2) is 15.3. The van der Waals surface area contributed by atoms with Crippen molar-refractivity contribution in [3.8, 4) is 11.5 Å². The van der Waals surface area contributed by atoms with Crippen LogP contribution in [0.5, 0.6) is 11.5 Å². The third kappa shape index (κ3) is 7.61. The molecule has 1 saturated heterocycles. The van der Waals surface area contributed by atoms with Crippen molar-refractivity contribution in [3.63, 3.8) is 0 Å². The summed E-state index contributed by atoms with van der Waals surface area (Å²) in [4.78, 5) is 29.8. The standard InChI is InChI=1S/C31H44N8O3.2ClH/c1-41-25-12-7-20(17-26(25)42-2)18-27(40)38-15-13-23(14-16-38)34-29-28-30(39(19-33-28)24-5-3-4-6-24)37-31(36-29)35-22-10-8-21(32)9-11-22;;/h7,12,17,19,21-24H,3-6,8-11,13-16,18,32H2,1-2H3,(H2,34,35,36,37);2*1H/t21-,22-;;. The Bertz CT molecular complexity index is 1380. The first-order valence-electron chi connectivity index (χ1n) is 15.5. The van der Waals surface area contributed by atoms with Gasteiger partial charge in [0, 0.05) is 37.3 Å². The number of carbonyl (C=O) groups excluding carboxylic acids is 1. The Balaban J connectivity index is 0.00000221. The van der Waals surface area contributed by atoms with Crippen LogP contribution >= 0.6 is 24.8 Å². The number of rotatable bonds is 9. The van der Waals surface area contributed by atoms with Gasteiger partial charge in [-0.15, -0.1) is 24.8 Å². The van der Waals surface area contributed by atoms with Gasteiger partial charge < -0.3 is 35.3 Å². The number of likely N-dealkylation sites (tertiary alicyclic amines) is 1. The predicted molar refractivity (Wildman–Crippen MR) is 178 cm³/mol. The average molecular weight is 650 g/mol. The molecule has 0 spiro atoms. The molecule has 13 heteroatoms. The summed E-state index contributed by atoms with van der Waals surface area (Å²) in [6.45, 7) is 1.39. The van der Waals surface area contributed by atoms with Crippen LogP contribution in [0.3, 0.4) is 0 Å². The van der Waals surface area contributed by atoms with E-state index in [1.54, 1.807) is 14.2 Å². The number of anilines is 2. The summed E-state index contributed by atoms with van der Waals surface area (Å²) < 4.78 is 13.0. The van der Waals surface area contributed by atoms with E-state index >= 15 is 0 Å². The predicted octanol–water partition coefficient (Wildman–Crippen LogP) is 5.13. The molecule has 4 N–H and O–H groups in total. The van der Waals surface area contributed by atoms with Crippen LogP contribution in [0, 0.1) is 0 Å². The van der Waals surface area contributed by atoms with Gasteiger partial charge >= 0.3 is 0 Å². The molecular formula is C31H46Cl2N8O3. The molecule has 0 atom stereocenters. The summed E-state index contributed by atoms with van der Waals surface area (Å²) in [5, 5.41) is 7.30. The molecule has 242 valence electrons. The van der Waals surface area contributed by atoms with Crippen molar-refractivity contribution in [2.45, 2.75) is 94.8 Å².